The number of carbonyl (C=O) groups is 1. The molecule has 3 rings (SSSR count). The Kier molecular flexibility index (Phi) is 9.70. The van der Waals surface area contributed by atoms with Gasteiger partial charge in [-0.2, -0.15) is 0 Å². The normalized spacial score (nSPS) is 16.4. The van der Waals surface area contributed by atoms with Gasteiger partial charge in [0.15, 0.2) is 0 Å². The molecule has 194 valence electrons. The van der Waals surface area contributed by atoms with Gasteiger partial charge in [-0.1, -0.05) is 25.1 Å². The molecule has 0 saturated carbocycles. The van der Waals surface area contributed by atoms with Crippen molar-refractivity contribution in [3.05, 3.63) is 53.2 Å². The number of likely N-dealkylation sites (tertiary alicyclic amines) is 1. The number of piperidine rings is 1. The minimum atomic E-state index is -2.46. The van der Waals surface area contributed by atoms with Crippen LogP contribution in [-0.2, 0) is 11.2 Å². The predicted octanol–water partition coefficient (Wildman–Crippen LogP) is 5.71. The molecule has 1 aliphatic rings. The minimum Gasteiger partial charge on any atom is -0.358 e. The summed E-state index contributed by atoms with van der Waals surface area (Å²) in [6, 6.07) is 6.16. The van der Waals surface area contributed by atoms with Crippen molar-refractivity contribution in [2.75, 3.05) is 26.7 Å². The van der Waals surface area contributed by atoms with E-state index >= 15 is 0 Å². The molecule has 1 amide bonds. The molecule has 8 heteroatoms. The van der Waals surface area contributed by atoms with Crippen LogP contribution in [0.3, 0.4) is 0 Å². The largest absolute Gasteiger partial charge is 0.358 e. The van der Waals surface area contributed by atoms with Crippen LogP contribution >= 0.6 is 0 Å². The van der Waals surface area contributed by atoms with Crippen molar-refractivity contribution < 1.29 is 13.6 Å². The number of fused-ring (bicyclic) bond motifs is 1. The summed E-state index contributed by atoms with van der Waals surface area (Å²) >= 11 is 0. The number of aromatic amines is 1. The lowest BCUT2D eigenvalue weighted by molar-refractivity contribution is -0.122. The van der Waals surface area contributed by atoms with Crippen LogP contribution in [-0.4, -0.2) is 60.4 Å². The van der Waals surface area contributed by atoms with Gasteiger partial charge >= 0.3 is 0 Å². The Labute approximate surface area is 212 Å². The highest BCUT2D eigenvalue weighted by Crippen LogP contribution is 2.35. The van der Waals surface area contributed by atoms with Crippen molar-refractivity contribution in [1.82, 2.24) is 15.2 Å². The first-order valence-electron chi connectivity index (χ1n) is 12.6. The van der Waals surface area contributed by atoms with Gasteiger partial charge in [0.05, 0.1) is 6.54 Å². The number of nitrogens with one attached hydrogen (secondary N) is 3. The Bertz CT molecular complexity index is 1170. The molecule has 1 fully saturated rings. The highest BCUT2D eigenvalue weighted by molar-refractivity contribution is 6.04. The maximum Gasteiger partial charge on any atom is 0.242 e. The third-order valence-electron chi connectivity index (χ3n) is 6.72. The second-order valence-corrected chi connectivity index (χ2v) is 9.22. The molecule has 6 nitrogen and oxygen atoms in total. The Balaban J connectivity index is 1.92. The molecule has 0 atom stereocenters. The lowest BCUT2D eigenvalue weighted by Gasteiger charge is -2.31. The second-order valence-electron chi connectivity index (χ2n) is 9.22. The fourth-order valence-electron chi connectivity index (χ4n) is 4.80. The summed E-state index contributed by atoms with van der Waals surface area (Å²) in [6.07, 6.45) is 5.38. The summed E-state index contributed by atoms with van der Waals surface area (Å²) in [6.45, 7) is 7.56. The number of allylic oxidation sites excluding steroid dienone is 4. The summed E-state index contributed by atoms with van der Waals surface area (Å²) in [7, 11) is 1.65. The monoisotopic (exact) mass is 497 g/mol. The summed E-state index contributed by atoms with van der Waals surface area (Å²) in [5.41, 5.74) is 4.89. The SMILES string of the molecule is C/C=C(\C=C/C(CC)=NC(C)=N)c1[nH]c2ccc(C3CCN(CC(=O)NC)CC3)cc2c1CC(F)F. The summed E-state index contributed by atoms with van der Waals surface area (Å²) < 4.78 is 27.4. The zero-order valence-electron chi connectivity index (χ0n) is 21.6. The van der Waals surface area contributed by atoms with Crippen molar-refractivity contribution in [3.63, 3.8) is 0 Å². The number of amides is 1. The molecule has 1 saturated heterocycles. The Morgan fingerprint density at radius 3 is 2.61 bits per heavy atom. The minimum absolute atomic E-state index is 0.0190. The van der Waals surface area contributed by atoms with Crippen molar-refractivity contribution >= 4 is 33.9 Å². The molecule has 1 aliphatic heterocycles. The number of H-pyrrole nitrogens is 1. The average Bonchev–Trinajstić information content (AvgIpc) is 3.20. The molecule has 0 unspecified atom stereocenters. The maximum atomic E-state index is 13.7. The van der Waals surface area contributed by atoms with Crippen LogP contribution in [0.4, 0.5) is 8.78 Å². The van der Waals surface area contributed by atoms with Crippen molar-refractivity contribution in [2.24, 2.45) is 4.99 Å². The molecule has 0 aliphatic carbocycles. The van der Waals surface area contributed by atoms with Crippen LogP contribution < -0.4 is 5.32 Å². The predicted molar refractivity (Wildman–Crippen MR) is 144 cm³/mol. The van der Waals surface area contributed by atoms with Crippen LogP contribution in [0.5, 0.6) is 0 Å². The van der Waals surface area contributed by atoms with Gasteiger partial charge in [0, 0.05) is 35.8 Å². The lowest BCUT2D eigenvalue weighted by atomic mass is 9.88. The molecular weight excluding hydrogens is 460 g/mol. The third kappa shape index (κ3) is 6.97. The number of aromatic nitrogens is 1. The quantitative estimate of drug-likeness (QED) is 0.236. The van der Waals surface area contributed by atoms with E-state index in [4.69, 9.17) is 5.41 Å². The standard InChI is InChI=1S/C28H37F2N5O/c1-5-19(7-9-22(6-2)33-18(3)31)28-24(16-26(29)30)23-15-21(8-10-25(23)34-28)20-11-13-35(14-12-20)17-27(36)32-4/h5,7-10,15,20,26,31,34H,6,11-14,16-17H2,1-4H3,(H,32,36)/b9-7-,19-5+,31-18?,33-22?. The highest BCUT2D eigenvalue weighted by atomic mass is 19.3. The first kappa shape index (κ1) is 27.5. The highest BCUT2D eigenvalue weighted by Gasteiger charge is 2.24. The average molecular weight is 498 g/mol. The van der Waals surface area contributed by atoms with Gasteiger partial charge in [0.25, 0.3) is 0 Å². The van der Waals surface area contributed by atoms with Crippen LogP contribution in [0.1, 0.15) is 62.8 Å². The summed E-state index contributed by atoms with van der Waals surface area (Å²) in [5.74, 6) is 0.585. The van der Waals surface area contributed by atoms with E-state index in [1.54, 1.807) is 14.0 Å². The lowest BCUT2D eigenvalue weighted by Crippen LogP contribution is -2.40. The molecule has 2 aromatic rings. The Hall–Kier alpha value is -3.13. The van der Waals surface area contributed by atoms with Gasteiger partial charge in [-0.15, -0.1) is 0 Å². The maximum absolute atomic E-state index is 13.7. The van der Waals surface area contributed by atoms with Gasteiger partial charge in [0.1, 0.15) is 5.84 Å². The summed E-state index contributed by atoms with van der Waals surface area (Å²) in [4.78, 5) is 21.5. The van der Waals surface area contributed by atoms with Gasteiger partial charge in [-0.05, 0) is 87.0 Å². The van der Waals surface area contributed by atoms with Crippen LogP contribution in [0, 0.1) is 5.41 Å². The molecule has 1 aromatic heterocycles. The molecule has 0 spiro atoms. The second kappa shape index (κ2) is 12.7. The van der Waals surface area contributed by atoms with E-state index in [0.29, 0.717) is 30.1 Å². The number of benzene rings is 1. The van der Waals surface area contributed by atoms with Crippen LogP contribution in [0.25, 0.3) is 16.5 Å². The van der Waals surface area contributed by atoms with Crippen molar-refractivity contribution in [1.29, 1.82) is 5.41 Å². The zero-order valence-corrected chi connectivity index (χ0v) is 21.6. The Morgan fingerprint density at radius 2 is 2.03 bits per heavy atom. The van der Waals surface area contributed by atoms with Crippen molar-refractivity contribution in [2.45, 2.75) is 58.8 Å². The fourth-order valence-corrected chi connectivity index (χ4v) is 4.80. The number of carbonyl (C=O) groups excluding carboxylic acids is 1. The molecular formula is C28H37F2N5O. The number of halogens is 2. The topological polar surface area (TPSA) is 84.3 Å². The molecule has 36 heavy (non-hydrogen) atoms. The van der Waals surface area contributed by atoms with Gasteiger partial charge in [-0.25, -0.2) is 13.8 Å². The van der Waals surface area contributed by atoms with E-state index in [2.05, 4.69) is 32.3 Å². The molecule has 0 bridgehead atoms. The van der Waals surface area contributed by atoms with E-state index < -0.39 is 6.43 Å². The van der Waals surface area contributed by atoms with E-state index in [9.17, 15) is 13.6 Å². The number of amidine groups is 1. The summed E-state index contributed by atoms with van der Waals surface area (Å²) in [5, 5.41) is 11.1. The smallest absolute Gasteiger partial charge is 0.242 e. The van der Waals surface area contributed by atoms with Crippen LogP contribution in [0.2, 0.25) is 0 Å². The molecule has 2 heterocycles. The Morgan fingerprint density at radius 1 is 1.31 bits per heavy atom. The number of hydrogen-bond acceptors (Lipinski definition) is 3. The zero-order chi connectivity index (χ0) is 26.2. The van der Waals surface area contributed by atoms with Gasteiger partial charge < -0.3 is 10.3 Å². The van der Waals surface area contributed by atoms with Crippen LogP contribution in [0.15, 0.2) is 41.4 Å². The van der Waals surface area contributed by atoms with Gasteiger partial charge in [0.2, 0.25) is 12.3 Å². The number of likely N-dealkylation sites (N-methyl/N-ethyl adjacent to an activating group) is 1. The molecule has 1 aromatic carbocycles. The third-order valence-corrected chi connectivity index (χ3v) is 6.72. The van der Waals surface area contributed by atoms with E-state index in [0.717, 1.165) is 53.7 Å². The first-order valence-corrected chi connectivity index (χ1v) is 12.6. The van der Waals surface area contributed by atoms with E-state index in [-0.39, 0.29) is 18.2 Å². The fraction of sp³-hybridized carbons (Fsp3) is 0.464. The number of rotatable bonds is 9. The number of aliphatic imine (C=N–C) groups is 1. The number of hydrogen-bond donors (Lipinski definition) is 3. The van der Waals surface area contributed by atoms with Crippen molar-refractivity contribution in [3.8, 4) is 0 Å². The molecule has 0 radical (unpaired) electrons. The van der Waals surface area contributed by atoms with Gasteiger partial charge in [-0.3, -0.25) is 15.1 Å². The number of nitrogens with zero attached hydrogens (tertiary/aromatic N) is 2. The first-order chi connectivity index (χ1) is 17.2. The van der Waals surface area contributed by atoms with E-state index in [1.807, 2.05) is 38.1 Å². The molecule has 3 N–H and O–H groups in total. The van der Waals surface area contributed by atoms with E-state index in [1.165, 1.54) is 0 Å². The number of alkyl halides is 2.